The maximum Gasteiger partial charge on any atom is 0.124 e. The summed E-state index contributed by atoms with van der Waals surface area (Å²) in [4.78, 5) is 2.01. The molecule has 2 rings (SSSR count). The topological polar surface area (TPSA) is 53.0 Å². The van der Waals surface area contributed by atoms with E-state index in [1.54, 1.807) is 6.07 Å². The van der Waals surface area contributed by atoms with Gasteiger partial charge in [-0.05, 0) is 37.0 Å². The lowest BCUT2D eigenvalue weighted by atomic mass is 10.1. The van der Waals surface area contributed by atoms with Crippen molar-refractivity contribution in [3.05, 3.63) is 29.6 Å². The summed E-state index contributed by atoms with van der Waals surface area (Å²) in [5.41, 5.74) is 6.90. The highest BCUT2D eigenvalue weighted by Crippen LogP contribution is 2.36. The molecule has 2 N–H and O–H groups in total. The van der Waals surface area contributed by atoms with Gasteiger partial charge in [-0.3, -0.25) is 0 Å². The van der Waals surface area contributed by atoms with E-state index in [2.05, 4.69) is 0 Å². The SMILES string of the molecule is CN(c1ccc(F)cc1C#N)C(CN)C1CC1. The Hall–Kier alpha value is -1.60. The van der Waals surface area contributed by atoms with Gasteiger partial charge >= 0.3 is 0 Å². The molecule has 1 aliphatic carbocycles. The molecule has 1 fully saturated rings. The maximum atomic E-state index is 13.1. The molecule has 1 aromatic rings. The van der Waals surface area contributed by atoms with Crippen LogP contribution in [-0.2, 0) is 0 Å². The lowest BCUT2D eigenvalue weighted by molar-refractivity contribution is 0.569. The van der Waals surface area contributed by atoms with Crippen LogP contribution in [0.1, 0.15) is 18.4 Å². The van der Waals surface area contributed by atoms with E-state index in [9.17, 15) is 4.39 Å². The molecule has 0 radical (unpaired) electrons. The first kappa shape index (κ1) is 11.9. The monoisotopic (exact) mass is 233 g/mol. The van der Waals surface area contributed by atoms with E-state index in [1.165, 1.54) is 25.0 Å². The Morgan fingerprint density at radius 1 is 1.59 bits per heavy atom. The number of anilines is 1. The Labute approximate surface area is 101 Å². The van der Waals surface area contributed by atoms with E-state index < -0.39 is 0 Å². The summed E-state index contributed by atoms with van der Waals surface area (Å²) in [6.07, 6.45) is 2.38. The smallest absolute Gasteiger partial charge is 0.124 e. The number of rotatable bonds is 4. The van der Waals surface area contributed by atoms with Crippen LogP contribution in [-0.4, -0.2) is 19.6 Å². The van der Waals surface area contributed by atoms with E-state index >= 15 is 0 Å². The molecule has 4 heteroatoms. The van der Waals surface area contributed by atoms with E-state index in [-0.39, 0.29) is 11.9 Å². The van der Waals surface area contributed by atoms with Crippen LogP contribution in [0.4, 0.5) is 10.1 Å². The predicted octanol–water partition coefficient (Wildman–Crippen LogP) is 1.87. The molecule has 1 aliphatic rings. The van der Waals surface area contributed by atoms with Gasteiger partial charge in [0.05, 0.1) is 11.3 Å². The molecule has 3 nitrogen and oxygen atoms in total. The molecule has 1 unspecified atom stereocenters. The predicted molar refractivity (Wildman–Crippen MR) is 65.1 cm³/mol. The molecule has 0 saturated heterocycles. The molecule has 0 amide bonds. The average molecular weight is 233 g/mol. The van der Waals surface area contributed by atoms with Gasteiger partial charge in [0.25, 0.3) is 0 Å². The highest BCUT2D eigenvalue weighted by atomic mass is 19.1. The van der Waals surface area contributed by atoms with Crippen molar-refractivity contribution < 1.29 is 4.39 Å². The van der Waals surface area contributed by atoms with Crippen LogP contribution in [0, 0.1) is 23.1 Å². The van der Waals surface area contributed by atoms with Gasteiger partial charge in [-0.15, -0.1) is 0 Å². The van der Waals surface area contributed by atoms with Crippen molar-refractivity contribution in [2.75, 3.05) is 18.5 Å². The number of halogens is 1. The van der Waals surface area contributed by atoms with Crippen LogP contribution in [0.2, 0.25) is 0 Å². The molecule has 90 valence electrons. The second-order valence-corrected chi connectivity index (χ2v) is 4.52. The van der Waals surface area contributed by atoms with Gasteiger partial charge in [0.2, 0.25) is 0 Å². The summed E-state index contributed by atoms with van der Waals surface area (Å²) in [5.74, 6) is 0.232. The minimum Gasteiger partial charge on any atom is -0.369 e. The number of nitrogens with zero attached hydrogens (tertiary/aromatic N) is 2. The molecular weight excluding hydrogens is 217 g/mol. The van der Waals surface area contributed by atoms with E-state index in [1.807, 2.05) is 18.0 Å². The number of likely N-dealkylation sites (N-methyl/N-ethyl adjacent to an activating group) is 1. The number of nitriles is 1. The summed E-state index contributed by atoms with van der Waals surface area (Å²) in [5, 5.41) is 9.03. The van der Waals surface area contributed by atoms with Crippen molar-refractivity contribution in [2.24, 2.45) is 11.7 Å². The fraction of sp³-hybridized carbons (Fsp3) is 0.462. The van der Waals surface area contributed by atoms with Crippen LogP contribution in [0.15, 0.2) is 18.2 Å². The minimum absolute atomic E-state index is 0.243. The molecule has 0 spiro atoms. The Bertz CT molecular complexity index is 448. The second kappa shape index (κ2) is 4.72. The third-order valence-electron chi connectivity index (χ3n) is 3.36. The quantitative estimate of drug-likeness (QED) is 0.863. The largest absolute Gasteiger partial charge is 0.369 e. The third-order valence-corrected chi connectivity index (χ3v) is 3.36. The van der Waals surface area contributed by atoms with Crippen molar-refractivity contribution in [2.45, 2.75) is 18.9 Å². The third kappa shape index (κ3) is 2.40. The highest BCUT2D eigenvalue weighted by molar-refractivity contribution is 5.59. The van der Waals surface area contributed by atoms with Crippen molar-refractivity contribution in [3.8, 4) is 6.07 Å². The van der Waals surface area contributed by atoms with Crippen LogP contribution in [0.5, 0.6) is 0 Å². The number of benzene rings is 1. The zero-order chi connectivity index (χ0) is 12.4. The fourth-order valence-electron chi connectivity index (χ4n) is 2.23. The molecule has 1 atom stereocenters. The van der Waals surface area contributed by atoms with Gasteiger partial charge in [0.1, 0.15) is 11.9 Å². The highest BCUT2D eigenvalue weighted by Gasteiger charge is 2.33. The molecule has 1 saturated carbocycles. The zero-order valence-electron chi connectivity index (χ0n) is 9.86. The Kier molecular flexibility index (Phi) is 3.30. The first-order chi connectivity index (χ1) is 8.17. The summed E-state index contributed by atoms with van der Waals surface area (Å²) in [7, 11) is 1.92. The Morgan fingerprint density at radius 3 is 2.82 bits per heavy atom. The van der Waals surface area contributed by atoms with Crippen molar-refractivity contribution in [3.63, 3.8) is 0 Å². The molecule has 0 aromatic heterocycles. The van der Waals surface area contributed by atoms with Gasteiger partial charge in [0, 0.05) is 19.6 Å². The first-order valence-corrected chi connectivity index (χ1v) is 5.80. The lowest BCUT2D eigenvalue weighted by Crippen LogP contribution is -2.40. The Balaban J connectivity index is 2.29. The van der Waals surface area contributed by atoms with Crippen molar-refractivity contribution in [1.29, 1.82) is 5.26 Å². The van der Waals surface area contributed by atoms with Gasteiger partial charge in [-0.2, -0.15) is 5.26 Å². The first-order valence-electron chi connectivity index (χ1n) is 5.80. The van der Waals surface area contributed by atoms with E-state index in [4.69, 9.17) is 11.0 Å². The van der Waals surface area contributed by atoms with Crippen LogP contribution in [0.3, 0.4) is 0 Å². The van der Waals surface area contributed by atoms with E-state index in [0.29, 0.717) is 18.0 Å². The van der Waals surface area contributed by atoms with E-state index in [0.717, 1.165) is 5.69 Å². The Morgan fingerprint density at radius 2 is 2.29 bits per heavy atom. The van der Waals surface area contributed by atoms with Crippen LogP contribution in [0.25, 0.3) is 0 Å². The summed E-state index contributed by atoms with van der Waals surface area (Å²) >= 11 is 0. The molecule has 0 bridgehead atoms. The summed E-state index contributed by atoms with van der Waals surface area (Å²) in [6, 6.07) is 6.58. The van der Waals surface area contributed by atoms with Crippen LogP contribution < -0.4 is 10.6 Å². The second-order valence-electron chi connectivity index (χ2n) is 4.52. The fourth-order valence-corrected chi connectivity index (χ4v) is 2.23. The van der Waals surface area contributed by atoms with Gasteiger partial charge < -0.3 is 10.6 Å². The molecule has 0 heterocycles. The molecule has 17 heavy (non-hydrogen) atoms. The van der Waals surface area contributed by atoms with Gasteiger partial charge in [-0.25, -0.2) is 4.39 Å². The van der Waals surface area contributed by atoms with Crippen molar-refractivity contribution in [1.82, 2.24) is 0 Å². The normalized spacial score (nSPS) is 16.4. The molecular formula is C13H16FN3. The molecule has 0 aliphatic heterocycles. The average Bonchev–Trinajstić information content (AvgIpc) is 3.14. The molecule has 1 aromatic carbocycles. The van der Waals surface area contributed by atoms with Gasteiger partial charge in [0.15, 0.2) is 0 Å². The summed E-state index contributed by atoms with van der Waals surface area (Å²) in [6.45, 7) is 0.559. The number of hydrogen-bond donors (Lipinski definition) is 1. The zero-order valence-corrected chi connectivity index (χ0v) is 9.86. The maximum absolute atomic E-state index is 13.1. The number of nitrogens with two attached hydrogens (primary N) is 1. The minimum atomic E-state index is -0.380. The van der Waals surface area contributed by atoms with Crippen LogP contribution >= 0.6 is 0 Å². The van der Waals surface area contributed by atoms with Crippen molar-refractivity contribution >= 4 is 5.69 Å². The standard InChI is InChI=1S/C13H16FN3/c1-17(13(8-16)9-2-3-9)12-5-4-11(14)6-10(12)7-15/h4-6,9,13H,2-3,8,16H2,1H3. The number of hydrogen-bond acceptors (Lipinski definition) is 3. The van der Waals surface area contributed by atoms with Gasteiger partial charge in [-0.1, -0.05) is 0 Å². The summed E-state index contributed by atoms with van der Waals surface area (Å²) < 4.78 is 13.1. The lowest BCUT2D eigenvalue weighted by Gasteiger charge is -2.29.